The van der Waals surface area contributed by atoms with E-state index in [0.717, 1.165) is 18.7 Å². The second-order valence-corrected chi connectivity index (χ2v) is 4.82. The highest BCUT2D eigenvalue weighted by molar-refractivity contribution is 6.30. The van der Waals surface area contributed by atoms with Crippen molar-refractivity contribution in [3.8, 4) is 0 Å². The molecule has 0 saturated heterocycles. The Morgan fingerprint density at radius 3 is 2.56 bits per heavy atom. The summed E-state index contributed by atoms with van der Waals surface area (Å²) in [5.41, 5.74) is 3.74. The smallest absolute Gasteiger partial charge is 0.193 e. The maximum atomic E-state index is 12.3. The minimum Gasteiger partial charge on any atom is -0.384 e. The fourth-order valence-corrected chi connectivity index (χ4v) is 2.33. The maximum Gasteiger partial charge on any atom is 0.193 e. The molecule has 0 atom stereocenters. The summed E-state index contributed by atoms with van der Waals surface area (Å²) >= 11 is 5.82. The van der Waals surface area contributed by atoms with Crippen LogP contribution < -0.4 is 5.32 Å². The first-order chi connectivity index (χ1) is 8.74. The molecule has 0 radical (unpaired) electrons. The highest BCUT2D eigenvalue weighted by Gasteiger charge is 2.14. The second-order valence-electron chi connectivity index (χ2n) is 4.38. The van der Waals surface area contributed by atoms with E-state index in [0.29, 0.717) is 16.1 Å². The zero-order valence-corrected chi connectivity index (χ0v) is 10.5. The van der Waals surface area contributed by atoms with Crippen LogP contribution in [0.2, 0.25) is 5.02 Å². The number of hydrogen-bond donors (Lipinski definition) is 1. The number of hydrogen-bond acceptors (Lipinski definition) is 2. The van der Waals surface area contributed by atoms with Gasteiger partial charge in [0.2, 0.25) is 0 Å². The average Bonchev–Trinajstić information content (AvgIpc) is 2.86. The van der Waals surface area contributed by atoms with E-state index in [4.69, 9.17) is 11.6 Å². The summed E-state index contributed by atoms with van der Waals surface area (Å²) < 4.78 is 0. The summed E-state index contributed by atoms with van der Waals surface area (Å²) in [4.78, 5) is 12.3. The molecule has 3 heteroatoms. The quantitative estimate of drug-likeness (QED) is 0.834. The zero-order chi connectivity index (χ0) is 12.5. The summed E-state index contributed by atoms with van der Waals surface area (Å²) in [6.45, 7) is 0.952. The molecule has 0 unspecified atom stereocenters. The van der Waals surface area contributed by atoms with Crippen LogP contribution in [0.5, 0.6) is 0 Å². The van der Waals surface area contributed by atoms with E-state index in [2.05, 4.69) is 5.32 Å². The van der Waals surface area contributed by atoms with E-state index in [9.17, 15) is 4.79 Å². The van der Waals surface area contributed by atoms with Crippen LogP contribution in [0.15, 0.2) is 42.5 Å². The molecule has 0 saturated carbocycles. The van der Waals surface area contributed by atoms with E-state index in [1.54, 1.807) is 24.3 Å². The van der Waals surface area contributed by atoms with Gasteiger partial charge in [-0.2, -0.15) is 0 Å². The van der Waals surface area contributed by atoms with Gasteiger partial charge in [0.1, 0.15) is 0 Å². The standard InChI is InChI=1S/C15H12ClNO/c16-13-5-3-11(4-6-13)15(18)12-2-1-10-7-8-17-14(10)9-12/h1-6,9,17H,7-8H2. The van der Waals surface area contributed by atoms with Crippen molar-refractivity contribution in [2.75, 3.05) is 11.9 Å². The molecule has 0 aliphatic carbocycles. The van der Waals surface area contributed by atoms with Gasteiger partial charge in [0.25, 0.3) is 0 Å². The van der Waals surface area contributed by atoms with Crippen LogP contribution in [0, 0.1) is 0 Å². The van der Waals surface area contributed by atoms with Crippen molar-refractivity contribution < 1.29 is 4.79 Å². The number of halogens is 1. The summed E-state index contributed by atoms with van der Waals surface area (Å²) in [7, 11) is 0. The Morgan fingerprint density at radius 1 is 1.06 bits per heavy atom. The van der Waals surface area contributed by atoms with Crippen LogP contribution >= 0.6 is 11.6 Å². The summed E-state index contributed by atoms with van der Waals surface area (Å²) in [5.74, 6) is 0.0307. The maximum absolute atomic E-state index is 12.3. The summed E-state index contributed by atoms with van der Waals surface area (Å²) in [5, 5.41) is 3.92. The highest BCUT2D eigenvalue weighted by atomic mass is 35.5. The zero-order valence-electron chi connectivity index (χ0n) is 9.74. The third kappa shape index (κ3) is 2.00. The lowest BCUT2D eigenvalue weighted by Crippen LogP contribution is -2.01. The normalized spacial score (nSPS) is 12.9. The van der Waals surface area contributed by atoms with Gasteiger partial charge in [0.05, 0.1) is 0 Å². The molecule has 0 fully saturated rings. The van der Waals surface area contributed by atoms with E-state index < -0.39 is 0 Å². The lowest BCUT2D eigenvalue weighted by atomic mass is 10.0. The van der Waals surface area contributed by atoms with Crippen molar-refractivity contribution in [2.24, 2.45) is 0 Å². The minimum atomic E-state index is 0.0307. The van der Waals surface area contributed by atoms with Crippen molar-refractivity contribution in [1.29, 1.82) is 0 Å². The third-order valence-electron chi connectivity index (χ3n) is 3.19. The molecule has 1 aliphatic rings. The Bertz CT molecular complexity index is 604. The monoisotopic (exact) mass is 257 g/mol. The SMILES string of the molecule is O=C(c1ccc(Cl)cc1)c1ccc2c(c1)NCC2. The van der Waals surface area contributed by atoms with Crippen molar-refractivity contribution in [2.45, 2.75) is 6.42 Å². The molecule has 2 aromatic carbocycles. The minimum absolute atomic E-state index is 0.0307. The first-order valence-electron chi connectivity index (χ1n) is 5.91. The number of carbonyl (C=O) groups is 1. The van der Waals surface area contributed by atoms with Crippen molar-refractivity contribution in [3.05, 3.63) is 64.2 Å². The molecular weight excluding hydrogens is 246 g/mol. The molecule has 90 valence electrons. The van der Waals surface area contributed by atoms with Crippen molar-refractivity contribution in [1.82, 2.24) is 0 Å². The molecule has 0 amide bonds. The number of benzene rings is 2. The molecule has 0 aromatic heterocycles. The number of anilines is 1. The van der Waals surface area contributed by atoms with E-state index in [-0.39, 0.29) is 5.78 Å². The Morgan fingerprint density at radius 2 is 1.78 bits per heavy atom. The van der Waals surface area contributed by atoms with Crippen LogP contribution in [0.4, 0.5) is 5.69 Å². The molecule has 1 heterocycles. The van der Waals surface area contributed by atoms with E-state index in [1.807, 2.05) is 18.2 Å². The third-order valence-corrected chi connectivity index (χ3v) is 3.44. The fourth-order valence-electron chi connectivity index (χ4n) is 2.20. The van der Waals surface area contributed by atoms with Crippen LogP contribution in [0.3, 0.4) is 0 Å². The van der Waals surface area contributed by atoms with Gasteiger partial charge in [0, 0.05) is 28.4 Å². The number of nitrogens with one attached hydrogen (secondary N) is 1. The van der Waals surface area contributed by atoms with Crippen LogP contribution in [-0.4, -0.2) is 12.3 Å². The molecule has 2 nitrogen and oxygen atoms in total. The second kappa shape index (κ2) is 4.46. The number of carbonyl (C=O) groups excluding carboxylic acids is 1. The Labute approximate surface area is 111 Å². The molecule has 0 bridgehead atoms. The Kier molecular flexibility index (Phi) is 2.80. The van der Waals surface area contributed by atoms with Gasteiger partial charge in [-0.15, -0.1) is 0 Å². The van der Waals surface area contributed by atoms with Crippen LogP contribution in [0.1, 0.15) is 21.5 Å². The summed E-state index contributed by atoms with van der Waals surface area (Å²) in [6, 6.07) is 12.8. The largest absolute Gasteiger partial charge is 0.384 e. The lowest BCUT2D eigenvalue weighted by molar-refractivity contribution is 0.103. The van der Waals surface area contributed by atoms with Gasteiger partial charge < -0.3 is 5.32 Å². The van der Waals surface area contributed by atoms with Gasteiger partial charge >= 0.3 is 0 Å². The Hall–Kier alpha value is -1.80. The molecule has 0 spiro atoms. The predicted molar refractivity (Wildman–Crippen MR) is 73.5 cm³/mol. The first-order valence-corrected chi connectivity index (χ1v) is 6.29. The van der Waals surface area contributed by atoms with E-state index >= 15 is 0 Å². The van der Waals surface area contributed by atoms with Crippen molar-refractivity contribution in [3.63, 3.8) is 0 Å². The Balaban J connectivity index is 1.95. The van der Waals surface area contributed by atoms with Gasteiger partial charge in [-0.3, -0.25) is 4.79 Å². The van der Waals surface area contributed by atoms with Gasteiger partial charge in [-0.1, -0.05) is 23.7 Å². The van der Waals surface area contributed by atoms with Crippen LogP contribution in [0.25, 0.3) is 0 Å². The molecule has 1 N–H and O–H groups in total. The molecule has 1 aliphatic heterocycles. The highest BCUT2D eigenvalue weighted by Crippen LogP contribution is 2.24. The summed E-state index contributed by atoms with van der Waals surface area (Å²) in [6.07, 6.45) is 1.03. The molecule has 3 rings (SSSR count). The average molecular weight is 258 g/mol. The number of ketones is 1. The first kappa shape index (κ1) is 11.3. The number of fused-ring (bicyclic) bond motifs is 1. The number of rotatable bonds is 2. The molecular formula is C15H12ClNO. The molecule has 18 heavy (non-hydrogen) atoms. The van der Waals surface area contributed by atoms with Gasteiger partial charge in [0.15, 0.2) is 5.78 Å². The lowest BCUT2D eigenvalue weighted by Gasteiger charge is -2.05. The van der Waals surface area contributed by atoms with E-state index in [1.165, 1.54) is 5.56 Å². The predicted octanol–water partition coefficient (Wildman–Crippen LogP) is 3.54. The van der Waals surface area contributed by atoms with Gasteiger partial charge in [-0.25, -0.2) is 0 Å². The van der Waals surface area contributed by atoms with Crippen molar-refractivity contribution >= 4 is 23.1 Å². The fraction of sp³-hybridized carbons (Fsp3) is 0.133. The van der Waals surface area contributed by atoms with Gasteiger partial charge in [-0.05, 0) is 42.3 Å². The molecule has 2 aromatic rings. The topological polar surface area (TPSA) is 29.1 Å². The van der Waals surface area contributed by atoms with Crippen LogP contribution in [-0.2, 0) is 6.42 Å².